The Bertz CT molecular complexity index is 570. The van der Waals surface area contributed by atoms with Crippen LogP contribution in [0, 0.1) is 0 Å². The molecule has 20 heavy (non-hydrogen) atoms. The number of aromatic nitrogens is 2. The summed E-state index contributed by atoms with van der Waals surface area (Å²) < 4.78 is 17.7. The van der Waals surface area contributed by atoms with E-state index in [1.54, 1.807) is 32.2 Å². The van der Waals surface area contributed by atoms with Gasteiger partial charge in [0, 0.05) is 18.8 Å². The first kappa shape index (κ1) is 14.2. The van der Waals surface area contributed by atoms with Crippen LogP contribution in [0.1, 0.15) is 17.2 Å². The number of ether oxygens (including phenoxy) is 3. The van der Waals surface area contributed by atoms with Gasteiger partial charge in [-0.25, -0.2) is 0 Å². The zero-order valence-corrected chi connectivity index (χ0v) is 12.1. The summed E-state index contributed by atoms with van der Waals surface area (Å²) in [5.41, 5.74) is 8.05. The van der Waals surface area contributed by atoms with Gasteiger partial charge < -0.3 is 19.9 Å². The second kappa shape index (κ2) is 5.83. The van der Waals surface area contributed by atoms with Crippen LogP contribution in [-0.2, 0) is 7.05 Å². The van der Waals surface area contributed by atoms with E-state index >= 15 is 0 Å². The number of hydrogen-bond acceptors (Lipinski definition) is 5. The molecule has 0 aliphatic heterocycles. The van der Waals surface area contributed by atoms with Gasteiger partial charge in [-0.2, -0.15) is 5.10 Å². The first-order chi connectivity index (χ1) is 9.60. The van der Waals surface area contributed by atoms with E-state index < -0.39 is 0 Å². The van der Waals surface area contributed by atoms with Gasteiger partial charge >= 0.3 is 0 Å². The number of benzene rings is 1. The smallest absolute Gasteiger partial charge is 0.203 e. The highest BCUT2D eigenvalue weighted by Crippen LogP contribution is 2.40. The Hall–Kier alpha value is -2.21. The lowest BCUT2D eigenvalue weighted by molar-refractivity contribution is 0.323. The zero-order valence-electron chi connectivity index (χ0n) is 12.1. The van der Waals surface area contributed by atoms with Crippen LogP contribution in [0.15, 0.2) is 24.5 Å². The Labute approximate surface area is 118 Å². The van der Waals surface area contributed by atoms with E-state index in [0.717, 1.165) is 11.1 Å². The molecular weight excluding hydrogens is 258 g/mol. The molecule has 0 aliphatic carbocycles. The van der Waals surface area contributed by atoms with Crippen LogP contribution < -0.4 is 19.9 Å². The molecule has 6 nitrogen and oxygen atoms in total. The zero-order chi connectivity index (χ0) is 14.7. The standard InChI is InChI=1S/C14H19N3O3/c1-17-8-10(7-16-17)13(15)9-5-11(18-2)14(20-4)12(6-9)19-3/h5-8,13H,15H2,1-4H3. The second-order valence-electron chi connectivity index (χ2n) is 4.38. The minimum absolute atomic E-state index is 0.308. The van der Waals surface area contributed by atoms with Crippen molar-refractivity contribution in [1.82, 2.24) is 9.78 Å². The van der Waals surface area contributed by atoms with E-state index in [9.17, 15) is 0 Å². The Morgan fingerprint density at radius 3 is 2.05 bits per heavy atom. The molecule has 1 heterocycles. The molecule has 2 rings (SSSR count). The molecule has 2 N–H and O–H groups in total. The van der Waals surface area contributed by atoms with Crippen LogP contribution in [-0.4, -0.2) is 31.1 Å². The molecule has 6 heteroatoms. The molecule has 2 aromatic rings. The number of hydrogen-bond donors (Lipinski definition) is 1. The summed E-state index contributed by atoms with van der Waals surface area (Å²) in [5.74, 6) is 1.72. The van der Waals surface area contributed by atoms with Crippen molar-refractivity contribution in [3.8, 4) is 17.2 Å². The summed E-state index contributed by atoms with van der Waals surface area (Å²) in [6.45, 7) is 0. The largest absolute Gasteiger partial charge is 0.493 e. The van der Waals surface area contributed by atoms with Gasteiger partial charge in [0.15, 0.2) is 11.5 Å². The van der Waals surface area contributed by atoms with Crippen LogP contribution >= 0.6 is 0 Å². The summed E-state index contributed by atoms with van der Waals surface area (Å²) in [7, 11) is 6.58. The van der Waals surface area contributed by atoms with Crippen molar-refractivity contribution < 1.29 is 14.2 Å². The fourth-order valence-corrected chi connectivity index (χ4v) is 2.07. The van der Waals surface area contributed by atoms with Crippen LogP contribution in [0.25, 0.3) is 0 Å². The van der Waals surface area contributed by atoms with E-state index in [2.05, 4.69) is 5.10 Å². The van der Waals surface area contributed by atoms with Gasteiger partial charge in [-0.15, -0.1) is 0 Å². The summed E-state index contributed by atoms with van der Waals surface area (Å²) in [6, 6.07) is 3.38. The molecule has 0 saturated carbocycles. The third kappa shape index (κ3) is 2.55. The van der Waals surface area contributed by atoms with E-state index in [-0.39, 0.29) is 6.04 Å². The predicted octanol–water partition coefficient (Wildman–Crippen LogP) is 1.49. The van der Waals surface area contributed by atoms with Gasteiger partial charge in [-0.1, -0.05) is 0 Å². The third-order valence-electron chi connectivity index (χ3n) is 3.13. The highest BCUT2D eigenvalue weighted by molar-refractivity contribution is 5.55. The molecule has 0 radical (unpaired) electrons. The van der Waals surface area contributed by atoms with E-state index in [1.807, 2.05) is 25.4 Å². The average molecular weight is 277 g/mol. The first-order valence-corrected chi connectivity index (χ1v) is 6.14. The quantitative estimate of drug-likeness (QED) is 0.896. The van der Waals surface area contributed by atoms with Crippen molar-refractivity contribution in [1.29, 1.82) is 0 Å². The van der Waals surface area contributed by atoms with Gasteiger partial charge in [0.25, 0.3) is 0 Å². The Morgan fingerprint density at radius 1 is 1.05 bits per heavy atom. The van der Waals surface area contributed by atoms with Gasteiger partial charge in [-0.05, 0) is 17.7 Å². The molecule has 1 unspecified atom stereocenters. The van der Waals surface area contributed by atoms with Gasteiger partial charge in [0.1, 0.15) is 0 Å². The van der Waals surface area contributed by atoms with Crippen molar-refractivity contribution >= 4 is 0 Å². The maximum absolute atomic E-state index is 6.26. The molecule has 108 valence electrons. The van der Waals surface area contributed by atoms with E-state index in [1.165, 1.54) is 0 Å². The number of nitrogens with two attached hydrogens (primary N) is 1. The summed E-state index contributed by atoms with van der Waals surface area (Å²) in [5, 5.41) is 4.13. The van der Waals surface area contributed by atoms with Crippen LogP contribution in [0.4, 0.5) is 0 Å². The summed E-state index contributed by atoms with van der Waals surface area (Å²) in [6.07, 6.45) is 3.63. The number of nitrogens with zero attached hydrogens (tertiary/aromatic N) is 2. The molecule has 1 aromatic heterocycles. The fourth-order valence-electron chi connectivity index (χ4n) is 2.07. The number of aryl methyl sites for hydroxylation is 1. The molecule has 1 atom stereocenters. The van der Waals surface area contributed by atoms with Gasteiger partial charge in [0.2, 0.25) is 5.75 Å². The minimum atomic E-state index is -0.308. The molecular formula is C14H19N3O3. The Kier molecular flexibility index (Phi) is 4.14. The average Bonchev–Trinajstić information content (AvgIpc) is 2.91. The van der Waals surface area contributed by atoms with Crippen LogP contribution in [0.5, 0.6) is 17.2 Å². The molecule has 0 spiro atoms. The molecule has 1 aromatic carbocycles. The fraction of sp³-hybridized carbons (Fsp3) is 0.357. The maximum Gasteiger partial charge on any atom is 0.203 e. The monoisotopic (exact) mass is 277 g/mol. The predicted molar refractivity (Wildman–Crippen MR) is 75.3 cm³/mol. The normalized spacial score (nSPS) is 12.1. The van der Waals surface area contributed by atoms with Crippen LogP contribution in [0.2, 0.25) is 0 Å². The topological polar surface area (TPSA) is 71.5 Å². The van der Waals surface area contributed by atoms with Crippen molar-refractivity contribution in [2.45, 2.75) is 6.04 Å². The molecule has 0 saturated heterocycles. The molecule has 0 aliphatic rings. The van der Waals surface area contributed by atoms with Crippen molar-refractivity contribution in [2.24, 2.45) is 12.8 Å². The maximum atomic E-state index is 6.26. The first-order valence-electron chi connectivity index (χ1n) is 6.14. The minimum Gasteiger partial charge on any atom is -0.493 e. The lowest BCUT2D eigenvalue weighted by Gasteiger charge is -2.17. The Morgan fingerprint density at radius 2 is 1.65 bits per heavy atom. The highest BCUT2D eigenvalue weighted by Gasteiger charge is 2.18. The van der Waals surface area contributed by atoms with Gasteiger partial charge in [0.05, 0.1) is 33.6 Å². The van der Waals surface area contributed by atoms with Gasteiger partial charge in [-0.3, -0.25) is 4.68 Å². The number of methoxy groups -OCH3 is 3. The molecule has 0 bridgehead atoms. The van der Waals surface area contributed by atoms with E-state index in [0.29, 0.717) is 17.2 Å². The summed E-state index contributed by atoms with van der Waals surface area (Å²) in [4.78, 5) is 0. The highest BCUT2D eigenvalue weighted by atomic mass is 16.5. The number of rotatable bonds is 5. The summed E-state index contributed by atoms with van der Waals surface area (Å²) >= 11 is 0. The van der Waals surface area contributed by atoms with Crippen molar-refractivity contribution in [3.05, 3.63) is 35.7 Å². The second-order valence-corrected chi connectivity index (χ2v) is 4.38. The Balaban J connectivity index is 2.46. The van der Waals surface area contributed by atoms with Crippen molar-refractivity contribution in [3.63, 3.8) is 0 Å². The van der Waals surface area contributed by atoms with E-state index in [4.69, 9.17) is 19.9 Å². The van der Waals surface area contributed by atoms with Crippen LogP contribution in [0.3, 0.4) is 0 Å². The molecule has 0 fully saturated rings. The van der Waals surface area contributed by atoms with Crippen molar-refractivity contribution in [2.75, 3.05) is 21.3 Å². The SMILES string of the molecule is COc1cc(C(N)c2cnn(C)c2)cc(OC)c1OC. The lowest BCUT2D eigenvalue weighted by atomic mass is 10.0. The third-order valence-corrected chi connectivity index (χ3v) is 3.13. The molecule has 0 amide bonds. The lowest BCUT2D eigenvalue weighted by Crippen LogP contribution is -2.12.